The van der Waals surface area contributed by atoms with Gasteiger partial charge in [0.05, 0.1) is 31.7 Å². The zero-order chi connectivity index (χ0) is 63.7. The second kappa shape index (κ2) is 29.6. The predicted octanol–water partition coefficient (Wildman–Crippen LogP) is 16.9. The van der Waals surface area contributed by atoms with Crippen molar-refractivity contribution in [2.45, 2.75) is 134 Å². The molecule has 2 saturated heterocycles. The molecule has 9 aromatic rings. The van der Waals surface area contributed by atoms with Gasteiger partial charge in [0.15, 0.2) is 0 Å². The number of fused-ring (bicyclic) bond motifs is 2. The van der Waals surface area contributed by atoms with Crippen LogP contribution in [0.3, 0.4) is 0 Å². The molecular weight excluding hydrogens is 1350 g/mol. The topological polar surface area (TPSA) is 103 Å². The van der Waals surface area contributed by atoms with E-state index in [1.807, 2.05) is 39.8 Å². The summed E-state index contributed by atoms with van der Waals surface area (Å²) in [5, 5.41) is 2.16. The molecule has 474 valence electrons. The van der Waals surface area contributed by atoms with Crippen LogP contribution in [-0.2, 0) is 22.7 Å². The number of thiazole rings is 2. The third-order valence-corrected chi connectivity index (χ3v) is 28.8. The van der Waals surface area contributed by atoms with Crippen LogP contribution in [0.15, 0.2) is 70.3 Å². The van der Waals surface area contributed by atoms with Crippen molar-refractivity contribution in [1.82, 2.24) is 18.9 Å². The lowest BCUT2D eigenvalue weighted by molar-refractivity contribution is -0.121. The minimum absolute atomic E-state index is 0.0869. The van der Waals surface area contributed by atoms with Gasteiger partial charge in [0, 0.05) is 75.3 Å². The quantitative estimate of drug-likeness (QED) is 0.0543. The summed E-state index contributed by atoms with van der Waals surface area (Å²) in [6.07, 6.45) is 13.6. The molecule has 22 heteroatoms. The number of carbonyl (C=O) groups is 2. The van der Waals surface area contributed by atoms with Crippen LogP contribution < -0.4 is 39.0 Å². The summed E-state index contributed by atoms with van der Waals surface area (Å²) >= 11 is 26.6. The van der Waals surface area contributed by atoms with Crippen molar-refractivity contribution >= 4 is 201 Å². The van der Waals surface area contributed by atoms with Crippen molar-refractivity contribution < 1.29 is 19.1 Å². The van der Waals surface area contributed by atoms with Gasteiger partial charge < -0.3 is 9.47 Å². The number of carbonyl (C=O) groups excluding carboxylic acids is 2. The average Bonchev–Trinajstić information content (AvgIpc) is 1.67. The molecule has 11 rings (SSSR count). The first-order valence-corrected chi connectivity index (χ1v) is 40.0. The summed E-state index contributed by atoms with van der Waals surface area (Å²) in [5.74, 6) is 4.02. The fourth-order valence-corrected chi connectivity index (χ4v) is 23.3. The van der Waals surface area contributed by atoms with E-state index >= 15 is 0 Å². The Morgan fingerprint density at radius 3 is 1.24 bits per heavy atom. The highest BCUT2D eigenvalue weighted by molar-refractivity contribution is 8.30. The third kappa shape index (κ3) is 14.4. The Kier molecular flexibility index (Phi) is 22.0. The lowest BCUT2D eigenvalue weighted by Gasteiger charge is -2.17. The number of thioether (sulfide) groups is 2. The van der Waals surface area contributed by atoms with Gasteiger partial charge in [-0.15, -0.1) is 90.7 Å². The molecule has 10 heterocycles. The fourth-order valence-electron chi connectivity index (χ4n) is 11.1. The molecule has 2 aliphatic rings. The predicted molar refractivity (Wildman–Crippen MR) is 400 cm³/mol. The monoisotopic (exact) mass is 1430 g/mol. The maximum Gasteiger partial charge on any atom is 0.270 e. The van der Waals surface area contributed by atoms with E-state index in [9.17, 15) is 19.2 Å². The maximum absolute atomic E-state index is 13.9. The Morgan fingerprint density at radius 2 is 0.878 bits per heavy atom. The second-order valence-corrected chi connectivity index (χ2v) is 35.5. The van der Waals surface area contributed by atoms with E-state index < -0.39 is 0 Å². The van der Waals surface area contributed by atoms with Crippen molar-refractivity contribution in [1.29, 1.82) is 0 Å². The molecule has 8 aromatic heterocycles. The molecule has 0 radical (unpaired) electrons. The highest BCUT2D eigenvalue weighted by Gasteiger charge is 2.34. The van der Waals surface area contributed by atoms with E-state index in [4.69, 9.17) is 33.9 Å². The maximum atomic E-state index is 13.9. The van der Waals surface area contributed by atoms with Crippen LogP contribution in [0.1, 0.15) is 130 Å². The summed E-state index contributed by atoms with van der Waals surface area (Å²) < 4.78 is 27.4. The van der Waals surface area contributed by atoms with Gasteiger partial charge in [0.1, 0.15) is 48.3 Å². The van der Waals surface area contributed by atoms with Gasteiger partial charge in [-0.25, -0.2) is 0 Å². The van der Waals surface area contributed by atoms with E-state index in [1.54, 1.807) is 87.0 Å². The van der Waals surface area contributed by atoms with Gasteiger partial charge in [-0.05, 0) is 137 Å². The van der Waals surface area contributed by atoms with Crippen LogP contribution in [0.25, 0.3) is 61.6 Å². The summed E-state index contributed by atoms with van der Waals surface area (Å²) in [7, 11) is 0. The lowest BCUT2D eigenvalue weighted by Crippen LogP contribution is -2.31. The Morgan fingerprint density at radius 1 is 0.467 bits per heavy atom. The van der Waals surface area contributed by atoms with E-state index in [0.29, 0.717) is 99.9 Å². The molecule has 90 heavy (non-hydrogen) atoms. The third-order valence-electron chi connectivity index (χ3n) is 16.2. The number of benzene rings is 1. The molecule has 2 amide bonds. The van der Waals surface area contributed by atoms with Crippen LogP contribution in [0.2, 0.25) is 0 Å². The van der Waals surface area contributed by atoms with Gasteiger partial charge >= 0.3 is 0 Å². The molecule has 10 nitrogen and oxygen atoms in total. The average molecular weight is 1430 g/mol. The number of hydrogen-bond acceptors (Lipinski definition) is 18. The molecule has 0 spiro atoms. The highest BCUT2D eigenvalue weighted by atomic mass is 32.2. The normalized spacial score (nSPS) is 17.2. The van der Waals surface area contributed by atoms with Crippen molar-refractivity contribution in [3.05, 3.63) is 128 Å². The smallest absolute Gasteiger partial charge is 0.270 e. The first-order valence-electron chi connectivity index (χ1n) is 31.0. The second-order valence-electron chi connectivity index (χ2n) is 23.7. The SMILES string of the molecule is CCN1C(=O)/C(=c2/s/c(=c3\cc/c(=C/c4ccc(-c5cc6c(OCCC(C)CCCC(C)C)c7sc(-c8ccc(/C=c9/cc/c(=c%10\s/c(=C%11/SC(=S)N(CC)C%11=O)n(CC)c%10=O)s9)s8)cc7c(OCCC(C)CCCC(C)C)c6s5)s4)s3)c(=O)n2CC)SC1=S. The molecule has 2 unspecified atom stereocenters. The number of ether oxygens (including phenoxy) is 2. The van der Waals surface area contributed by atoms with Gasteiger partial charge in [-0.3, -0.25) is 38.1 Å². The molecule has 1 aromatic carbocycles. The molecule has 2 fully saturated rings. The molecule has 0 bridgehead atoms. The van der Waals surface area contributed by atoms with Crippen LogP contribution in [0, 0.1) is 41.8 Å². The fraction of sp³-hybridized carbons (Fsp3) is 0.412. The molecule has 2 atom stereocenters. The highest BCUT2D eigenvalue weighted by Crippen LogP contribution is 2.54. The van der Waals surface area contributed by atoms with Crippen molar-refractivity contribution in [3.63, 3.8) is 0 Å². The number of thiocarbonyl (C=S) groups is 2. The van der Waals surface area contributed by atoms with Gasteiger partial charge in [0.2, 0.25) is 0 Å². The van der Waals surface area contributed by atoms with E-state index in [0.717, 1.165) is 91.9 Å². The number of amides is 2. The number of nitrogens with zero attached hydrogens (tertiary/aromatic N) is 4. The first-order chi connectivity index (χ1) is 43.4. The van der Waals surface area contributed by atoms with E-state index in [2.05, 4.69) is 102 Å². The zero-order valence-electron chi connectivity index (χ0n) is 52.3. The van der Waals surface area contributed by atoms with Gasteiger partial charge in [-0.1, -0.05) is 128 Å². The number of thiophene rings is 6. The molecule has 0 saturated carbocycles. The molecular formula is C68H74N4O6S12. The standard InChI is InChI=1S/C68H74N4O6S12/c1-11-69-61(73)57(87-65(69)59-63(75)71(13-3)67(79)89-59)49-27-23-43(83-49)33-41-21-25-47(81-41)51-35-45-53(77-31-29-39(9)19-15-17-37(5)6)56-46(54(55(45)85-51)78-32-30-40(10)20-16-18-38(7)8)36-52(86-56)48-26-22-42(82-48)34-44-24-28-50(84-44)58-62(74)70(12-2)66(88-58)60-64(76)72(14-4)68(80)90-60/h21-28,33-40H,11-20,29-32H2,1-10H3/b43-33-,44-34-,57-49+,58-50+,65-59-,66-60+. The van der Waals surface area contributed by atoms with Crippen molar-refractivity contribution in [3.8, 4) is 31.0 Å². The number of aromatic nitrogens is 2. The molecule has 2 aliphatic heterocycles. The largest absolute Gasteiger partial charge is 0.491 e. The van der Waals surface area contributed by atoms with Gasteiger partial charge in [-0.2, -0.15) is 0 Å². The Bertz CT molecular complexity index is 4450. The zero-order valence-corrected chi connectivity index (χ0v) is 62.1. The number of hydrogen-bond donors (Lipinski definition) is 0. The molecule has 0 N–H and O–H groups in total. The van der Waals surface area contributed by atoms with Crippen LogP contribution in [0.5, 0.6) is 11.5 Å². The van der Waals surface area contributed by atoms with Crippen LogP contribution in [-0.4, -0.2) is 65.7 Å². The summed E-state index contributed by atoms with van der Waals surface area (Å²) in [6, 6.07) is 21.7. The Labute approximate surface area is 575 Å². The first kappa shape index (κ1) is 67.1. The minimum Gasteiger partial charge on any atom is -0.491 e. The van der Waals surface area contributed by atoms with Crippen LogP contribution >= 0.6 is 139 Å². The Balaban J connectivity index is 0.964. The minimum atomic E-state index is -0.136. The van der Waals surface area contributed by atoms with Crippen molar-refractivity contribution in [2.24, 2.45) is 23.7 Å². The van der Waals surface area contributed by atoms with Gasteiger partial charge in [0.25, 0.3) is 22.9 Å². The van der Waals surface area contributed by atoms with E-state index in [-0.39, 0.29) is 22.9 Å². The van der Waals surface area contributed by atoms with Crippen LogP contribution in [0.4, 0.5) is 0 Å². The number of rotatable bonds is 24. The summed E-state index contributed by atoms with van der Waals surface area (Å²) in [4.78, 5) is 65.7. The Hall–Kier alpha value is -4.30. The summed E-state index contributed by atoms with van der Waals surface area (Å²) in [5.41, 5.74) is -0.174. The molecule has 0 aliphatic carbocycles. The van der Waals surface area contributed by atoms with E-state index in [1.165, 1.54) is 84.7 Å². The summed E-state index contributed by atoms with van der Waals surface area (Å²) in [6.45, 7) is 24.8. The van der Waals surface area contributed by atoms with Crippen molar-refractivity contribution in [2.75, 3.05) is 26.3 Å². The lowest BCUT2D eigenvalue weighted by atomic mass is 9.97.